The highest BCUT2D eigenvalue weighted by atomic mass is 32.1. The summed E-state index contributed by atoms with van der Waals surface area (Å²) in [6, 6.07) is 44.7. The molecule has 0 amide bonds. The molecule has 5 heteroatoms. The summed E-state index contributed by atoms with van der Waals surface area (Å²) in [7, 11) is 0. The summed E-state index contributed by atoms with van der Waals surface area (Å²) in [4.78, 5) is 10.7. The molecule has 0 saturated carbocycles. The zero-order chi connectivity index (χ0) is 28.1. The summed E-state index contributed by atoms with van der Waals surface area (Å²) in [5, 5.41) is 8.11. The van der Waals surface area contributed by atoms with Crippen LogP contribution in [0, 0.1) is 0 Å². The van der Waals surface area contributed by atoms with E-state index in [2.05, 4.69) is 120 Å². The van der Waals surface area contributed by atoms with Crippen LogP contribution in [0.4, 0.5) is 0 Å². The molecule has 0 aliphatic rings. The molecule has 43 heavy (non-hydrogen) atoms. The molecular formula is C38H21N3OS. The third kappa shape index (κ3) is 3.20. The maximum atomic E-state index is 6.52. The maximum Gasteiger partial charge on any atom is 0.235 e. The Labute approximate surface area is 249 Å². The minimum atomic E-state index is 0.653. The largest absolute Gasteiger partial charge is 0.455 e. The van der Waals surface area contributed by atoms with Crippen LogP contribution in [0.2, 0.25) is 0 Å². The van der Waals surface area contributed by atoms with E-state index in [1.165, 1.54) is 26.2 Å². The fraction of sp³-hybridized carbons (Fsp3) is 0. The van der Waals surface area contributed by atoms with Crippen LogP contribution in [0.5, 0.6) is 0 Å². The Morgan fingerprint density at radius 1 is 0.558 bits per heavy atom. The molecule has 6 aromatic carbocycles. The number of fused-ring (bicyclic) bond motifs is 10. The molecule has 0 bridgehead atoms. The number of hydrogen-bond acceptors (Lipinski definition) is 4. The first-order chi connectivity index (χ1) is 21.3. The number of aromatic nitrogens is 3. The zero-order valence-corrected chi connectivity index (χ0v) is 23.6. The summed E-state index contributed by atoms with van der Waals surface area (Å²) in [6.45, 7) is 0. The van der Waals surface area contributed by atoms with E-state index in [1.807, 2.05) is 12.1 Å². The maximum absolute atomic E-state index is 6.52. The molecule has 0 saturated heterocycles. The average molecular weight is 568 g/mol. The first-order valence-corrected chi connectivity index (χ1v) is 15.2. The summed E-state index contributed by atoms with van der Waals surface area (Å²) >= 11 is 1.74. The molecule has 0 aliphatic carbocycles. The topological polar surface area (TPSA) is 43.9 Å². The van der Waals surface area contributed by atoms with Gasteiger partial charge in [0, 0.05) is 37.2 Å². The van der Waals surface area contributed by atoms with Gasteiger partial charge in [-0.1, -0.05) is 91.0 Å². The molecule has 200 valence electrons. The fourth-order valence-corrected chi connectivity index (χ4v) is 7.81. The standard InChI is InChI=1S/C38H21N3OS/c1-2-11-23-21-31-29(20-22(23)10-1)24-12-3-6-17-30(24)41(31)38-39-34-27-14-5-8-19-33(27)43-37(34)35(40-38)28-16-9-15-26-25-13-4-7-18-32(25)42-36(26)28/h1-21H. The summed E-state index contributed by atoms with van der Waals surface area (Å²) in [5.74, 6) is 0.653. The molecule has 4 aromatic heterocycles. The van der Waals surface area contributed by atoms with Crippen LogP contribution in [-0.4, -0.2) is 14.5 Å². The molecule has 10 aromatic rings. The minimum Gasteiger partial charge on any atom is -0.455 e. The highest BCUT2D eigenvalue weighted by Gasteiger charge is 2.22. The van der Waals surface area contributed by atoms with Gasteiger partial charge in [0.2, 0.25) is 5.95 Å². The number of rotatable bonds is 2. The van der Waals surface area contributed by atoms with Crippen molar-refractivity contribution in [2.75, 3.05) is 0 Å². The van der Waals surface area contributed by atoms with Crippen molar-refractivity contribution < 1.29 is 4.42 Å². The molecule has 0 N–H and O–H groups in total. The van der Waals surface area contributed by atoms with E-state index in [0.29, 0.717) is 5.95 Å². The van der Waals surface area contributed by atoms with Crippen molar-refractivity contribution in [3.63, 3.8) is 0 Å². The van der Waals surface area contributed by atoms with Gasteiger partial charge >= 0.3 is 0 Å². The lowest BCUT2D eigenvalue weighted by molar-refractivity contribution is 0.670. The smallest absolute Gasteiger partial charge is 0.235 e. The Balaban J connectivity index is 1.37. The Hall–Kier alpha value is -5.52. The third-order valence-corrected chi connectivity index (χ3v) is 9.77. The fourth-order valence-electron chi connectivity index (χ4n) is 6.67. The van der Waals surface area contributed by atoms with Crippen molar-refractivity contribution in [2.24, 2.45) is 0 Å². The van der Waals surface area contributed by atoms with Crippen LogP contribution >= 0.6 is 11.3 Å². The Morgan fingerprint density at radius 3 is 2.19 bits per heavy atom. The number of para-hydroxylation sites is 3. The number of benzene rings is 6. The van der Waals surface area contributed by atoms with Gasteiger partial charge in [-0.2, -0.15) is 0 Å². The molecule has 0 radical (unpaired) electrons. The lowest BCUT2D eigenvalue weighted by Crippen LogP contribution is -2.02. The van der Waals surface area contributed by atoms with Crippen LogP contribution in [0.1, 0.15) is 0 Å². The van der Waals surface area contributed by atoms with Crippen molar-refractivity contribution in [2.45, 2.75) is 0 Å². The van der Waals surface area contributed by atoms with Crippen molar-refractivity contribution in [3.05, 3.63) is 127 Å². The molecule has 4 heterocycles. The van der Waals surface area contributed by atoms with Gasteiger partial charge in [-0.15, -0.1) is 11.3 Å². The van der Waals surface area contributed by atoms with E-state index in [9.17, 15) is 0 Å². The first kappa shape index (κ1) is 23.1. The minimum absolute atomic E-state index is 0.653. The van der Waals surface area contributed by atoms with E-state index < -0.39 is 0 Å². The summed E-state index contributed by atoms with van der Waals surface area (Å²) < 4.78 is 11.0. The van der Waals surface area contributed by atoms with Crippen molar-refractivity contribution >= 4 is 86.2 Å². The van der Waals surface area contributed by atoms with Crippen molar-refractivity contribution in [1.29, 1.82) is 0 Å². The van der Waals surface area contributed by atoms with Gasteiger partial charge in [-0.3, -0.25) is 4.57 Å². The Morgan fingerprint density at radius 2 is 1.28 bits per heavy atom. The van der Waals surface area contributed by atoms with E-state index in [-0.39, 0.29) is 0 Å². The van der Waals surface area contributed by atoms with E-state index in [4.69, 9.17) is 14.4 Å². The number of nitrogens with zero attached hydrogens (tertiary/aromatic N) is 3. The Kier molecular flexibility index (Phi) is 4.57. The molecule has 0 unspecified atom stereocenters. The van der Waals surface area contributed by atoms with Gasteiger partial charge in [-0.25, -0.2) is 9.97 Å². The first-order valence-electron chi connectivity index (χ1n) is 14.3. The van der Waals surface area contributed by atoms with E-state index in [0.717, 1.165) is 59.8 Å². The molecule has 0 fully saturated rings. The number of hydrogen-bond donors (Lipinski definition) is 0. The van der Waals surface area contributed by atoms with E-state index in [1.54, 1.807) is 11.3 Å². The molecule has 0 atom stereocenters. The lowest BCUT2D eigenvalue weighted by atomic mass is 10.1. The zero-order valence-electron chi connectivity index (χ0n) is 22.8. The second-order valence-electron chi connectivity index (χ2n) is 11.0. The Bertz CT molecular complexity index is 2750. The van der Waals surface area contributed by atoms with Crippen molar-refractivity contribution in [1.82, 2.24) is 14.5 Å². The van der Waals surface area contributed by atoms with E-state index >= 15 is 0 Å². The quantitative estimate of drug-likeness (QED) is 0.209. The monoisotopic (exact) mass is 567 g/mol. The van der Waals surface area contributed by atoms with Gasteiger partial charge in [0.05, 0.1) is 26.9 Å². The SMILES string of the molecule is c1ccc2cc3c(cc2c1)c1ccccc1n3-c1nc(-c2cccc3c2oc2ccccc23)c2sc3ccccc3c2n1. The van der Waals surface area contributed by atoms with Gasteiger partial charge in [-0.05, 0) is 47.2 Å². The summed E-state index contributed by atoms with van der Waals surface area (Å²) in [6.07, 6.45) is 0. The van der Waals surface area contributed by atoms with Gasteiger partial charge in [0.15, 0.2) is 0 Å². The van der Waals surface area contributed by atoms with Gasteiger partial charge in [0.1, 0.15) is 11.2 Å². The van der Waals surface area contributed by atoms with Crippen LogP contribution < -0.4 is 0 Å². The highest BCUT2D eigenvalue weighted by molar-refractivity contribution is 7.26. The predicted octanol–water partition coefficient (Wildman–Crippen LogP) is 10.7. The molecule has 0 spiro atoms. The second-order valence-corrected chi connectivity index (χ2v) is 12.0. The van der Waals surface area contributed by atoms with Crippen molar-refractivity contribution in [3.8, 4) is 17.2 Å². The lowest BCUT2D eigenvalue weighted by Gasteiger charge is -2.10. The van der Waals surface area contributed by atoms with Crippen LogP contribution in [0.15, 0.2) is 132 Å². The van der Waals surface area contributed by atoms with Gasteiger partial charge < -0.3 is 4.42 Å². The molecule has 4 nitrogen and oxygen atoms in total. The van der Waals surface area contributed by atoms with Gasteiger partial charge in [0.25, 0.3) is 0 Å². The molecule has 10 rings (SSSR count). The highest BCUT2D eigenvalue weighted by Crippen LogP contribution is 2.43. The van der Waals surface area contributed by atoms with Crippen LogP contribution in [-0.2, 0) is 0 Å². The summed E-state index contributed by atoms with van der Waals surface area (Å²) in [5.41, 5.74) is 6.71. The van der Waals surface area contributed by atoms with Crippen LogP contribution in [0.25, 0.3) is 92.0 Å². The second kappa shape index (κ2) is 8.51. The van der Waals surface area contributed by atoms with Crippen LogP contribution in [0.3, 0.4) is 0 Å². The number of thiophene rings is 1. The molecular weight excluding hydrogens is 547 g/mol. The predicted molar refractivity (Wildman–Crippen MR) is 179 cm³/mol. The molecule has 0 aliphatic heterocycles. The third-order valence-electron chi connectivity index (χ3n) is 8.61. The normalized spacial score (nSPS) is 12.2. The average Bonchev–Trinajstić information content (AvgIpc) is 3.73. The number of furan rings is 1.